The van der Waals surface area contributed by atoms with Gasteiger partial charge in [0.15, 0.2) is 0 Å². The van der Waals surface area contributed by atoms with Gasteiger partial charge in [0.05, 0.1) is 5.56 Å². The fraction of sp³-hybridized carbons (Fsp3) is 0.0769. The van der Waals surface area contributed by atoms with Crippen molar-refractivity contribution in [3.8, 4) is 11.6 Å². The third-order valence-corrected chi connectivity index (χ3v) is 2.40. The predicted molar refractivity (Wildman–Crippen MR) is 62.7 cm³/mol. The second kappa shape index (κ2) is 5.20. The third-order valence-electron chi connectivity index (χ3n) is 2.40. The maximum absolute atomic E-state index is 12.4. The standard InChI is InChI=1S/C13H8F3NO3/c14-13(15,16)8-3-5-9(6-4-8)20-11-10(12(18)19)2-1-7-17-11/h1-7H,(H,18,19). The smallest absolute Gasteiger partial charge is 0.416 e. The van der Waals surface area contributed by atoms with Crippen molar-refractivity contribution < 1.29 is 27.8 Å². The summed E-state index contributed by atoms with van der Waals surface area (Å²) in [4.78, 5) is 14.7. The molecule has 0 saturated heterocycles. The normalized spacial score (nSPS) is 11.2. The van der Waals surface area contributed by atoms with Crippen molar-refractivity contribution in [1.82, 2.24) is 4.98 Å². The van der Waals surface area contributed by atoms with E-state index in [1.54, 1.807) is 0 Å². The van der Waals surface area contributed by atoms with Gasteiger partial charge in [-0.05, 0) is 36.4 Å². The first-order chi connectivity index (χ1) is 9.38. The van der Waals surface area contributed by atoms with Gasteiger partial charge in [-0.2, -0.15) is 13.2 Å². The van der Waals surface area contributed by atoms with Crippen LogP contribution in [0, 0.1) is 0 Å². The van der Waals surface area contributed by atoms with Crippen LogP contribution in [-0.2, 0) is 6.18 Å². The molecule has 0 spiro atoms. The van der Waals surface area contributed by atoms with Crippen molar-refractivity contribution >= 4 is 5.97 Å². The number of carboxylic acid groups (broad SMARTS) is 1. The van der Waals surface area contributed by atoms with Crippen LogP contribution in [0.3, 0.4) is 0 Å². The zero-order valence-corrected chi connectivity index (χ0v) is 9.89. The monoisotopic (exact) mass is 283 g/mol. The molecule has 1 N–H and O–H groups in total. The topological polar surface area (TPSA) is 59.4 Å². The van der Waals surface area contributed by atoms with Crippen molar-refractivity contribution in [2.24, 2.45) is 0 Å². The highest BCUT2D eigenvalue weighted by Gasteiger charge is 2.30. The molecule has 0 bridgehead atoms. The summed E-state index contributed by atoms with van der Waals surface area (Å²) in [5.41, 5.74) is -0.989. The molecule has 1 aromatic carbocycles. The van der Waals surface area contributed by atoms with E-state index in [2.05, 4.69) is 4.98 Å². The number of hydrogen-bond donors (Lipinski definition) is 1. The van der Waals surface area contributed by atoms with E-state index in [9.17, 15) is 18.0 Å². The van der Waals surface area contributed by atoms with Crippen LogP contribution in [0.4, 0.5) is 13.2 Å². The maximum atomic E-state index is 12.4. The number of carbonyl (C=O) groups is 1. The fourth-order valence-corrected chi connectivity index (χ4v) is 1.46. The zero-order valence-electron chi connectivity index (χ0n) is 9.89. The van der Waals surface area contributed by atoms with Crippen LogP contribution in [0.25, 0.3) is 0 Å². The predicted octanol–water partition coefficient (Wildman–Crippen LogP) is 3.59. The van der Waals surface area contributed by atoms with Crippen molar-refractivity contribution in [1.29, 1.82) is 0 Å². The van der Waals surface area contributed by atoms with Gasteiger partial charge in [0.1, 0.15) is 11.3 Å². The number of aromatic nitrogens is 1. The Bertz CT molecular complexity index is 624. The number of hydrogen-bond acceptors (Lipinski definition) is 3. The summed E-state index contributed by atoms with van der Waals surface area (Å²) in [6.45, 7) is 0. The van der Waals surface area contributed by atoms with Gasteiger partial charge >= 0.3 is 12.1 Å². The minimum absolute atomic E-state index is 0.0687. The van der Waals surface area contributed by atoms with Crippen LogP contribution in [0.5, 0.6) is 11.6 Å². The second-order valence-corrected chi connectivity index (χ2v) is 3.79. The van der Waals surface area contributed by atoms with Crippen LogP contribution in [0.1, 0.15) is 15.9 Å². The molecule has 0 fully saturated rings. The third kappa shape index (κ3) is 3.05. The van der Waals surface area contributed by atoms with Crippen LogP contribution in [0.2, 0.25) is 0 Å². The van der Waals surface area contributed by atoms with Crippen molar-refractivity contribution in [2.75, 3.05) is 0 Å². The highest BCUT2D eigenvalue weighted by Crippen LogP contribution is 2.31. The van der Waals surface area contributed by atoms with Gasteiger partial charge < -0.3 is 9.84 Å². The van der Waals surface area contributed by atoms with Crippen LogP contribution >= 0.6 is 0 Å². The lowest BCUT2D eigenvalue weighted by Gasteiger charge is -2.09. The lowest BCUT2D eigenvalue weighted by molar-refractivity contribution is -0.137. The first kappa shape index (κ1) is 13.9. The number of nitrogens with zero attached hydrogens (tertiary/aromatic N) is 1. The average Bonchev–Trinajstić information content (AvgIpc) is 2.38. The van der Waals surface area contributed by atoms with Gasteiger partial charge in [-0.15, -0.1) is 0 Å². The molecule has 0 aliphatic rings. The highest BCUT2D eigenvalue weighted by atomic mass is 19.4. The summed E-state index contributed by atoms with van der Waals surface area (Å²) in [6, 6.07) is 6.60. The first-order valence-electron chi connectivity index (χ1n) is 5.41. The van der Waals surface area contributed by atoms with E-state index >= 15 is 0 Å². The summed E-state index contributed by atoms with van der Waals surface area (Å²) in [7, 11) is 0. The highest BCUT2D eigenvalue weighted by molar-refractivity contribution is 5.90. The molecule has 1 aromatic heterocycles. The van der Waals surface area contributed by atoms with Gasteiger partial charge in [-0.3, -0.25) is 0 Å². The number of aromatic carboxylic acids is 1. The molecule has 0 aliphatic heterocycles. The van der Waals surface area contributed by atoms with Crippen molar-refractivity contribution in [2.45, 2.75) is 6.18 Å². The number of halogens is 3. The maximum Gasteiger partial charge on any atom is 0.416 e. The van der Waals surface area contributed by atoms with E-state index in [1.807, 2.05) is 0 Å². The lowest BCUT2D eigenvalue weighted by atomic mass is 10.2. The van der Waals surface area contributed by atoms with Gasteiger partial charge in [0.25, 0.3) is 0 Å². The second-order valence-electron chi connectivity index (χ2n) is 3.79. The Morgan fingerprint density at radius 3 is 2.35 bits per heavy atom. The molecule has 2 aromatic rings. The molecule has 2 rings (SSSR count). The summed E-state index contributed by atoms with van der Waals surface area (Å²) in [5, 5.41) is 8.93. The van der Waals surface area contributed by atoms with Gasteiger partial charge in [-0.25, -0.2) is 9.78 Å². The molecule has 1 heterocycles. The number of alkyl halides is 3. The fourth-order valence-electron chi connectivity index (χ4n) is 1.46. The van der Waals surface area contributed by atoms with E-state index in [0.717, 1.165) is 24.3 Å². The minimum Gasteiger partial charge on any atom is -0.477 e. The number of rotatable bonds is 3. The molecule has 20 heavy (non-hydrogen) atoms. The molecule has 0 saturated carbocycles. The van der Waals surface area contributed by atoms with Crippen LogP contribution in [0.15, 0.2) is 42.6 Å². The first-order valence-corrected chi connectivity index (χ1v) is 5.41. The summed E-state index contributed by atoms with van der Waals surface area (Å²) in [5.74, 6) is -1.35. The van der Waals surface area contributed by atoms with Crippen molar-refractivity contribution in [3.05, 3.63) is 53.7 Å². The Balaban J connectivity index is 2.25. The number of ether oxygens (including phenoxy) is 1. The summed E-state index contributed by atoms with van der Waals surface area (Å²) < 4.78 is 42.3. The molecule has 0 atom stereocenters. The van der Waals surface area contributed by atoms with E-state index in [4.69, 9.17) is 9.84 Å². The SMILES string of the molecule is O=C(O)c1cccnc1Oc1ccc(C(F)(F)F)cc1. The van der Waals surface area contributed by atoms with Crippen LogP contribution in [-0.4, -0.2) is 16.1 Å². The molecule has 7 heteroatoms. The van der Waals surface area contributed by atoms with E-state index in [1.165, 1.54) is 18.3 Å². The zero-order chi connectivity index (χ0) is 14.8. The molecule has 0 unspecified atom stereocenters. The molecule has 0 amide bonds. The molecule has 104 valence electrons. The Morgan fingerprint density at radius 2 is 1.80 bits per heavy atom. The molecule has 0 aliphatic carbocycles. The minimum atomic E-state index is -4.43. The number of pyridine rings is 1. The van der Waals surface area contributed by atoms with E-state index < -0.39 is 17.7 Å². The molecule has 4 nitrogen and oxygen atoms in total. The Labute approximate surface area is 111 Å². The molecular formula is C13H8F3NO3. The van der Waals surface area contributed by atoms with Crippen LogP contribution < -0.4 is 4.74 Å². The van der Waals surface area contributed by atoms with Gasteiger partial charge in [-0.1, -0.05) is 0 Å². The lowest BCUT2D eigenvalue weighted by Crippen LogP contribution is -2.04. The Morgan fingerprint density at radius 1 is 1.15 bits per heavy atom. The van der Waals surface area contributed by atoms with Gasteiger partial charge in [0, 0.05) is 6.20 Å². The Kier molecular flexibility index (Phi) is 3.60. The molecular weight excluding hydrogens is 275 g/mol. The van der Waals surface area contributed by atoms with E-state index in [0.29, 0.717) is 0 Å². The number of carboxylic acids is 1. The quantitative estimate of drug-likeness (QED) is 0.935. The summed E-state index contributed by atoms with van der Waals surface area (Å²) >= 11 is 0. The Hall–Kier alpha value is -2.57. The van der Waals surface area contributed by atoms with Gasteiger partial charge in [0.2, 0.25) is 5.88 Å². The largest absolute Gasteiger partial charge is 0.477 e. The summed E-state index contributed by atoms with van der Waals surface area (Å²) in [6.07, 6.45) is -3.11. The molecule has 0 radical (unpaired) electrons. The van der Waals surface area contributed by atoms with Crippen molar-refractivity contribution in [3.63, 3.8) is 0 Å². The average molecular weight is 283 g/mol. The number of benzene rings is 1. The van der Waals surface area contributed by atoms with E-state index in [-0.39, 0.29) is 17.2 Å².